The summed E-state index contributed by atoms with van der Waals surface area (Å²) in [7, 11) is -3.24. The van der Waals surface area contributed by atoms with E-state index in [4.69, 9.17) is 0 Å². The SMILES string of the molecule is Cc1cccc(CS(=O)(=O)NCCN2CCNCC2)c1. The number of aryl methyl sites for hydroxylation is 1. The number of nitrogens with zero attached hydrogens (tertiary/aromatic N) is 1. The van der Waals surface area contributed by atoms with Crippen LogP contribution in [0.25, 0.3) is 0 Å². The molecule has 0 unspecified atom stereocenters. The predicted molar refractivity (Wildman–Crippen MR) is 81.1 cm³/mol. The van der Waals surface area contributed by atoms with Crippen molar-refractivity contribution < 1.29 is 8.42 Å². The van der Waals surface area contributed by atoms with Gasteiger partial charge in [0.2, 0.25) is 10.0 Å². The van der Waals surface area contributed by atoms with Gasteiger partial charge in [-0.15, -0.1) is 0 Å². The second-order valence-electron chi connectivity index (χ2n) is 5.23. The molecule has 0 saturated carbocycles. The van der Waals surface area contributed by atoms with Crippen LogP contribution in [0.5, 0.6) is 0 Å². The summed E-state index contributed by atoms with van der Waals surface area (Å²) in [5.74, 6) is 0.0518. The van der Waals surface area contributed by atoms with Gasteiger partial charge in [0, 0.05) is 39.3 Å². The summed E-state index contributed by atoms with van der Waals surface area (Å²) >= 11 is 0. The van der Waals surface area contributed by atoms with E-state index >= 15 is 0 Å². The number of benzene rings is 1. The first-order valence-corrected chi connectivity index (χ1v) is 8.66. The van der Waals surface area contributed by atoms with Crippen LogP contribution in [-0.2, 0) is 15.8 Å². The maximum atomic E-state index is 12.0. The third kappa shape index (κ3) is 5.20. The van der Waals surface area contributed by atoms with Gasteiger partial charge in [-0.3, -0.25) is 4.90 Å². The fraction of sp³-hybridized carbons (Fsp3) is 0.571. The number of hydrogen-bond acceptors (Lipinski definition) is 4. The van der Waals surface area contributed by atoms with Crippen molar-refractivity contribution in [2.24, 2.45) is 0 Å². The molecule has 0 atom stereocenters. The summed E-state index contributed by atoms with van der Waals surface area (Å²) in [5.41, 5.74) is 1.91. The van der Waals surface area contributed by atoms with E-state index in [2.05, 4.69) is 14.9 Å². The Kier molecular flexibility index (Phi) is 5.54. The second-order valence-corrected chi connectivity index (χ2v) is 7.04. The van der Waals surface area contributed by atoms with Crippen LogP contribution in [0.4, 0.5) is 0 Å². The summed E-state index contributed by atoms with van der Waals surface area (Å²) in [6.45, 7) is 7.15. The van der Waals surface area contributed by atoms with Gasteiger partial charge in [0.05, 0.1) is 5.75 Å². The number of hydrogen-bond donors (Lipinski definition) is 2. The molecule has 1 aromatic carbocycles. The Labute approximate surface area is 121 Å². The van der Waals surface area contributed by atoms with E-state index in [1.807, 2.05) is 31.2 Å². The van der Waals surface area contributed by atoms with Gasteiger partial charge in [-0.05, 0) is 12.5 Å². The first-order chi connectivity index (χ1) is 9.55. The number of sulfonamides is 1. The van der Waals surface area contributed by atoms with Crippen LogP contribution >= 0.6 is 0 Å². The number of rotatable bonds is 6. The van der Waals surface area contributed by atoms with Crippen molar-refractivity contribution in [2.45, 2.75) is 12.7 Å². The van der Waals surface area contributed by atoms with Gasteiger partial charge < -0.3 is 5.32 Å². The third-order valence-corrected chi connectivity index (χ3v) is 4.76. The summed E-state index contributed by atoms with van der Waals surface area (Å²) in [5, 5.41) is 3.28. The Balaban J connectivity index is 1.78. The molecule has 6 heteroatoms. The number of piperazine rings is 1. The molecule has 0 spiro atoms. The molecular formula is C14H23N3O2S. The van der Waals surface area contributed by atoms with Gasteiger partial charge in [0.15, 0.2) is 0 Å². The van der Waals surface area contributed by atoms with E-state index in [-0.39, 0.29) is 5.75 Å². The van der Waals surface area contributed by atoms with E-state index in [9.17, 15) is 8.42 Å². The summed E-state index contributed by atoms with van der Waals surface area (Å²) in [6, 6.07) is 7.62. The lowest BCUT2D eigenvalue weighted by atomic mass is 10.2. The normalized spacial score (nSPS) is 17.2. The first-order valence-electron chi connectivity index (χ1n) is 7.01. The Morgan fingerprint density at radius 2 is 2.05 bits per heavy atom. The van der Waals surface area contributed by atoms with Crippen molar-refractivity contribution in [2.75, 3.05) is 39.3 Å². The molecule has 2 rings (SSSR count). The Morgan fingerprint density at radius 1 is 1.30 bits per heavy atom. The zero-order valence-electron chi connectivity index (χ0n) is 11.9. The van der Waals surface area contributed by atoms with Crippen LogP contribution in [0.15, 0.2) is 24.3 Å². The first kappa shape index (κ1) is 15.4. The smallest absolute Gasteiger partial charge is 0.215 e. The monoisotopic (exact) mass is 297 g/mol. The van der Waals surface area contributed by atoms with Gasteiger partial charge in [-0.25, -0.2) is 13.1 Å². The van der Waals surface area contributed by atoms with E-state index in [1.54, 1.807) is 0 Å². The highest BCUT2D eigenvalue weighted by atomic mass is 32.2. The lowest BCUT2D eigenvalue weighted by Gasteiger charge is -2.27. The third-order valence-electron chi connectivity index (χ3n) is 3.40. The molecule has 0 amide bonds. The summed E-state index contributed by atoms with van der Waals surface area (Å²) < 4.78 is 26.7. The molecule has 1 heterocycles. The molecule has 1 aromatic rings. The van der Waals surface area contributed by atoms with Crippen LogP contribution in [0.2, 0.25) is 0 Å². The highest BCUT2D eigenvalue weighted by Gasteiger charge is 2.13. The van der Waals surface area contributed by atoms with Gasteiger partial charge in [0.1, 0.15) is 0 Å². The molecule has 5 nitrogen and oxygen atoms in total. The van der Waals surface area contributed by atoms with Gasteiger partial charge in [0.25, 0.3) is 0 Å². The number of nitrogens with one attached hydrogen (secondary N) is 2. The molecule has 0 aromatic heterocycles. The van der Waals surface area contributed by atoms with Crippen molar-refractivity contribution >= 4 is 10.0 Å². The molecular weight excluding hydrogens is 274 g/mol. The lowest BCUT2D eigenvalue weighted by molar-refractivity contribution is 0.245. The lowest BCUT2D eigenvalue weighted by Crippen LogP contribution is -2.46. The van der Waals surface area contributed by atoms with Gasteiger partial charge >= 0.3 is 0 Å². The highest BCUT2D eigenvalue weighted by molar-refractivity contribution is 7.88. The molecule has 112 valence electrons. The van der Waals surface area contributed by atoms with Crippen LogP contribution in [-0.4, -0.2) is 52.6 Å². The highest BCUT2D eigenvalue weighted by Crippen LogP contribution is 2.07. The summed E-state index contributed by atoms with van der Waals surface area (Å²) in [6.07, 6.45) is 0. The van der Waals surface area contributed by atoms with Crippen LogP contribution in [0.3, 0.4) is 0 Å². The molecule has 2 N–H and O–H groups in total. The van der Waals surface area contributed by atoms with Crippen LogP contribution in [0.1, 0.15) is 11.1 Å². The van der Waals surface area contributed by atoms with E-state index in [0.29, 0.717) is 6.54 Å². The molecule has 0 bridgehead atoms. The van der Waals surface area contributed by atoms with Crippen molar-refractivity contribution in [3.05, 3.63) is 35.4 Å². The van der Waals surface area contributed by atoms with E-state index < -0.39 is 10.0 Å². The zero-order chi connectivity index (χ0) is 14.4. The maximum Gasteiger partial charge on any atom is 0.215 e. The zero-order valence-corrected chi connectivity index (χ0v) is 12.7. The second kappa shape index (κ2) is 7.17. The Morgan fingerprint density at radius 3 is 2.75 bits per heavy atom. The summed E-state index contributed by atoms with van der Waals surface area (Å²) in [4.78, 5) is 2.27. The Bertz CT molecular complexity index is 525. The van der Waals surface area contributed by atoms with Crippen molar-refractivity contribution in [1.29, 1.82) is 0 Å². The van der Waals surface area contributed by atoms with Gasteiger partial charge in [-0.1, -0.05) is 29.8 Å². The predicted octanol–water partition coefficient (Wildman–Crippen LogP) is 0.320. The average Bonchev–Trinajstić information content (AvgIpc) is 2.39. The molecule has 20 heavy (non-hydrogen) atoms. The minimum absolute atomic E-state index is 0.0518. The molecule has 0 aliphatic carbocycles. The van der Waals surface area contributed by atoms with Crippen molar-refractivity contribution in [3.63, 3.8) is 0 Å². The fourth-order valence-corrected chi connectivity index (χ4v) is 3.49. The fourth-order valence-electron chi connectivity index (χ4n) is 2.37. The van der Waals surface area contributed by atoms with Crippen molar-refractivity contribution in [3.8, 4) is 0 Å². The molecule has 1 aliphatic rings. The standard InChI is InChI=1S/C14H23N3O2S/c1-13-3-2-4-14(11-13)12-20(18,19)16-7-10-17-8-5-15-6-9-17/h2-4,11,15-16H,5-10,12H2,1H3. The minimum atomic E-state index is -3.24. The molecule has 1 saturated heterocycles. The topological polar surface area (TPSA) is 61.4 Å². The molecule has 0 radical (unpaired) electrons. The van der Waals surface area contributed by atoms with Crippen LogP contribution in [0, 0.1) is 6.92 Å². The van der Waals surface area contributed by atoms with E-state index in [1.165, 1.54) is 0 Å². The van der Waals surface area contributed by atoms with Gasteiger partial charge in [-0.2, -0.15) is 0 Å². The largest absolute Gasteiger partial charge is 0.314 e. The van der Waals surface area contributed by atoms with E-state index in [0.717, 1.165) is 43.9 Å². The van der Waals surface area contributed by atoms with Crippen LogP contribution < -0.4 is 10.0 Å². The molecule has 1 aliphatic heterocycles. The van der Waals surface area contributed by atoms with Crippen molar-refractivity contribution in [1.82, 2.24) is 14.9 Å². The molecule has 1 fully saturated rings. The Hall–Kier alpha value is -0.950. The quantitative estimate of drug-likeness (QED) is 0.794. The average molecular weight is 297 g/mol. The minimum Gasteiger partial charge on any atom is -0.314 e. The maximum absolute atomic E-state index is 12.0.